The minimum atomic E-state index is -0.997. The number of benzene rings is 2. The minimum Gasteiger partial charge on any atom is -0.444 e. The summed E-state index contributed by atoms with van der Waals surface area (Å²) in [5, 5.41) is 3.20. The molecule has 1 fully saturated rings. The van der Waals surface area contributed by atoms with Crippen LogP contribution in [0.15, 0.2) is 53.4 Å². The largest absolute Gasteiger partial charge is 0.444 e. The van der Waals surface area contributed by atoms with Crippen LogP contribution in [0.2, 0.25) is 5.02 Å². The Morgan fingerprint density at radius 2 is 1.92 bits per heavy atom. The summed E-state index contributed by atoms with van der Waals surface area (Å²) in [5.41, 5.74) is 0.889. The number of rotatable bonds is 6. The van der Waals surface area contributed by atoms with E-state index in [-0.39, 0.29) is 17.5 Å². The van der Waals surface area contributed by atoms with E-state index >= 15 is 0 Å². The van der Waals surface area contributed by atoms with Crippen LogP contribution in [0, 0.1) is 0 Å². The number of ether oxygens (including phenoxy) is 1. The monoisotopic (exact) mass is 375 g/mol. The van der Waals surface area contributed by atoms with Crippen molar-refractivity contribution in [2.45, 2.75) is 29.9 Å². The highest BCUT2D eigenvalue weighted by molar-refractivity contribution is 7.98. The van der Waals surface area contributed by atoms with Crippen LogP contribution in [0.4, 0.5) is 0 Å². The van der Waals surface area contributed by atoms with Crippen molar-refractivity contribution < 1.29 is 14.3 Å². The molecule has 1 N–H and O–H groups in total. The molecule has 4 nitrogen and oxygen atoms in total. The zero-order chi connectivity index (χ0) is 17.8. The molecule has 1 saturated carbocycles. The molecule has 2 aromatic rings. The molecular formula is C19H18ClNO3S. The van der Waals surface area contributed by atoms with Gasteiger partial charge in [0, 0.05) is 16.5 Å². The Labute approximate surface area is 155 Å². The predicted molar refractivity (Wildman–Crippen MR) is 99.0 cm³/mol. The van der Waals surface area contributed by atoms with Gasteiger partial charge in [-0.25, -0.2) is 4.79 Å². The lowest BCUT2D eigenvalue weighted by atomic mass is 10.1. The number of hydrogen-bond acceptors (Lipinski definition) is 4. The first-order chi connectivity index (χ1) is 12.1. The number of halogens is 1. The van der Waals surface area contributed by atoms with Gasteiger partial charge in [-0.15, -0.1) is 11.8 Å². The Kier molecular flexibility index (Phi) is 5.66. The molecule has 1 aliphatic rings. The van der Waals surface area contributed by atoms with Crippen LogP contribution in [0.5, 0.6) is 0 Å². The fourth-order valence-corrected chi connectivity index (χ4v) is 3.00. The third-order valence-corrected chi connectivity index (χ3v) is 4.94. The highest BCUT2D eigenvalue weighted by atomic mass is 35.5. The quantitative estimate of drug-likeness (QED) is 0.606. The van der Waals surface area contributed by atoms with Crippen LogP contribution in [-0.2, 0) is 9.53 Å². The Hall–Kier alpha value is -1.98. The molecular weight excluding hydrogens is 358 g/mol. The van der Waals surface area contributed by atoms with Gasteiger partial charge in [-0.1, -0.05) is 41.9 Å². The molecule has 0 saturated heterocycles. The average Bonchev–Trinajstić information content (AvgIpc) is 3.44. The predicted octanol–water partition coefficient (Wildman–Crippen LogP) is 4.24. The Morgan fingerprint density at radius 1 is 1.20 bits per heavy atom. The maximum atomic E-state index is 12.6. The first-order valence-corrected chi connectivity index (χ1v) is 9.58. The maximum Gasteiger partial charge on any atom is 0.340 e. The van der Waals surface area contributed by atoms with Crippen molar-refractivity contribution in [3.8, 4) is 0 Å². The Bertz CT molecular complexity index is 777. The molecule has 0 aliphatic heterocycles. The van der Waals surface area contributed by atoms with E-state index in [0.717, 1.165) is 17.7 Å². The molecule has 25 heavy (non-hydrogen) atoms. The van der Waals surface area contributed by atoms with Crippen LogP contribution in [-0.4, -0.2) is 24.2 Å². The fraction of sp³-hybridized carbons (Fsp3) is 0.263. The molecule has 1 aliphatic carbocycles. The smallest absolute Gasteiger partial charge is 0.340 e. The summed E-state index contributed by atoms with van der Waals surface area (Å²) in [7, 11) is 0. The summed E-state index contributed by atoms with van der Waals surface area (Å²) in [6.07, 6.45) is 2.84. The molecule has 6 heteroatoms. The summed E-state index contributed by atoms with van der Waals surface area (Å²) in [6.45, 7) is 0. The number of esters is 1. The number of nitrogens with one attached hydrogen (secondary N) is 1. The zero-order valence-electron chi connectivity index (χ0n) is 13.7. The van der Waals surface area contributed by atoms with Crippen molar-refractivity contribution in [2.24, 2.45) is 0 Å². The van der Waals surface area contributed by atoms with Gasteiger partial charge in [0.2, 0.25) is 6.10 Å². The number of carbonyl (C=O) groups excluding carboxylic acids is 2. The molecule has 1 atom stereocenters. The topological polar surface area (TPSA) is 55.4 Å². The lowest BCUT2D eigenvalue weighted by molar-refractivity contribution is -0.130. The average molecular weight is 376 g/mol. The highest BCUT2D eigenvalue weighted by Gasteiger charge is 2.31. The van der Waals surface area contributed by atoms with E-state index in [9.17, 15) is 9.59 Å². The van der Waals surface area contributed by atoms with E-state index in [1.807, 2.05) is 30.5 Å². The van der Waals surface area contributed by atoms with Crippen molar-refractivity contribution in [3.63, 3.8) is 0 Å². The van der Waals surface area contributed by atoms with Gasteiger partial charge in [0.1, 0.15) is 0 Å². The van der Waals surface area contributed by atoms with E-state index in [0.29, 0.717) is 10.6 Å². The van der Waals surface area contributed by atoms with E-state index in [2.05, 4.69) is 5.32 Å². The van der Waals surface area contributed by atoms with Gasteiger partial charge < -0.3 is 10.1 Å². The second kappa shape index (κ2) is 7.93. The van der Waals surface area contributed by atoms with Crippen molar-refractivity contribution in [3.05, 3.63) is 64.7 Å². The second-order valence-electron chi connectivity index (χ2n) is 5.82. The van der Waals surface area contributed by atoms with Gasteiger partial charge in [-0.2, -0.15) is 0 Å². The van der Waals surface area contributed by atoms with E-state index in [4.69, 9.17) is 16.3 Å². The molecule has 0 unspecified atom stereocenters. The van der Waals surface area contributed by atoms with E-state index in [1.165, 1.54) is 11.8 Å². The highest BCUT2D eigenvalue weighted by Crippen LogP contribution is 2.27. The first-order valence-electron chi connectivity index (χ1n) is 7.98. The molecule has 0 spiro atoms. The van der Waals surface area contributed by atoms with Crippen molar-refractivity contribution in [1.82, 2.24) is 5.32 Å². The summed E-state index contributed by atoms with van der Waals surface area (Å²) in [5.74, 6) is -0.917. The molecule has 0 heterocycles. The standard InChI is InChI=1S/C19H18ClNO3S/c1-25-14-9-10-16(20)15(11-14)19(23)24-17(12-5-3-2-4-6-12)18(22)21-13-7-8-13/h2-6,9-11,13,17H,7-8H2,1H3,(H,21,22)/t17-/m1/s1. The first kappa shape index (κ1) is 17.8. The lowest BCUT2D eigenvalue weighted by Crippen LogP contribution is -2.33. The van der Waals surface area contributed by atoms with Crippen LogP contribution in [0.1, 0.15) is 34.9 Å². The fourth-order valence-electron chi connectivity index (χ4n) is 2.36. The number of amides is 1. The number of thioether (sulfide) groups is 1. The lowest BCUT2D eigenvalue weighted by Gasteiger charge is -2.18. The van der Waals surface area contributed by atoms with Crippen molar-refractivity contribution in [2.75, 3.05) is 6.26 Å². The van der Waals surface area contributed by atoms with Crippen LogP contribution < -0.4 is 5.32 Å². The molecule has 2 aromatic carbocycles. The van der Waals surface area contributed by atoms with Crippen LogP contribution >= 0.6 is 23.4 Å². The maximum absolute atomic E-state index is 12.6. The molecule has 0 bridgehead atoms. The van der Waals surface area contributed by atoms with Gasteiger partial charge in [0.05, 0.1) is 10.6 Å². The van der Waals surface area contributed by atoms with Gasteiger partial charge >= 0.3 is 5.97 Å². The number of carbonyl (C=O) groups is 2. The van der Waals surface area contributed by atoms with Crippen molar-refractivity contribution >= 4 is 35.2 Å². The minimum absolute atomic E-state index is 0.181. The molecule has 0 radical (unpaired) electrons. The molecule has 130 valence electrons. The van der Waals surface area contributed by atoms with Gasteiger partial charge in [-0.05, 0) is 37.3 Å². The summed E-state index contributed by atoms with van der Waals surface area (Å²) in [6, 6.07) is 14.3. The Balaban J connectivity index is 1.84. The second-order valence-corrected chi connectivity index (χ2v) is 7.11. The zero-order valence-corrected chi connectivity index (χ0v) is 15.3. The summed E-state index contributed by atoms with van der Waals surface area (Å²) >= 11 is 7.64. The summed E-state index contributed by atoms with van der Waals surface area (Å²) in [4.78, 5) is 26.1. The summed E-state index contributed by atoms with van der Waals surface area (Å²) < 4.78 is 5.55. The SMILES string of the molecule is CSc1ccc(Cl)c(C(=O)O[C@@H](C(=O)NC2CC2)c2ccccc2)c1. The van der Waals surface area contributed by atoms with E-state index in [1.54, 1.807) is 24.3 Å². The van der Waals surface area contributed by atoms with Crippen LogP contribution in [0.3, 0.4) is 0 Å². The van der Waals surface area contributed by atoms with E-state index < -0.39 is 12.1 Å². The third-order valence-electron chi connectivity index (χ3n) is 3.88. The number of hydrogen-bond donors (Lipinski definition) is 1. The van der Waals surface area contributed by atoms with Crippen LogP contribution in [0.25, 0.3) is 0 Å². The van der Waals surface area contributed by atoms with Crippen molar-refractivity contribution in [1.29, 1.82) is 0 Å². The molecule has 3 rings (SSSR count). The van der Waals surface area contributed by atoms with Gasteiger partial charge in [0.25, 0.3) is 5.91 Å². The Morgan fingerprint density at radius 3 is 2.56 bits per heavy atom. The van der Waals surface area contributed by atoms with Gasteiger partial charge in [-0.3, -0.25) is 4.79 Å². The molecule has 1 amide bonds. The normalized spacial score (nSPS) is 14.6. The molecule has 0 aromatic heterocycles. The third kappa shape index (κ3) is 4.55. The van der Waals surface area contributed by atoms with Gasteiger partial charge in [0.15, 0.2) is 0 Å².